The molecule has 0 aliphatic carbocycles. The maximum absolute atomic E-state index is 14.5. The average Bonchev–Trinajstić information content (AvgIpc) is 3.34. The van der Waals surface area contributed by atoms with Crippen molar-refractivity contribution in [2.75, 3.05) is 0 Å². The maximum Gasteiger partial charge on any atom is 0.305 e. The van der Waals surface area contributed by atoms with Gasteiger partial charge >= 0.3 is 5.97 Å². The molecular weight excluding hydrogens is 655 g/mol. The molecule has 0 aliphatic heterocycles. The van der Waals surface area contributed by atoms with E-state index in [1.54, 1.807) is 11.3 Å². The van der Waals surface area contributed by atoms with E-state index in [4.69, 9.17) is 8.85 Å². The lowest BCUT2D eigenvalue weighted by atomic mass is 9.73. The number of ketones is 1. The van der Waals surface area contributed by atoms with Crippen LogP contribution < -0.4 is 0 Å². The number of rotatable bonds is 19. The van der Waals surface area contributed by atoms with Crippen LogP contribution in [0.1, 0.15) is 119 Å². The molecule has 0 saturated carbocycles. The van der Waals surface area contributed by atoms with Gasteiger partial charge in [0.2, 0.25) is 0 Å². The van der Waals surface area contributed by atoms with Gasteiger partial charge in [0.1, 0.15) is 5.78 Å². The zero-order valence-electron chi connectivity index (χ0n) is 33.1. The van der Waals surface area contributed by atoms with Crippen LogP contribution in [0.2, 0.25) is 36.3 Å². The number of aliphatic carboxylic acids is 1. The maximum atomic E-state index is 14.5. The summed E-state index contributed by atoms with van der Waals surface area (Å²) in [7, 11) is -4.61. The number of unbranched alkanes of at least 4 members (excludes halogenated alkanes) is 1. The van der Waals surface area contributed by atoms with E-state index < -0.39 is 46.1 Å². The van der Waals surface area contributed by atoms with E-state index in [0.29, 0.717) is 6.42 Å². The van der Waals surface area contributed by atoms with Crippen LogP contribution in [0.5, 0.6) is 0 Å². The number of aliphatic hydroxyl groups excluding tert-OH is 1. The second-order valence-corrected chi connectivity index (χ2v) is 28.1. The number of carbonyl (C=O) groups excluding carboxylic acids is 1. The van der Waals surface area contributed by atoms with Crippen molar-refractivity contribution in [3.05, 3.63) is 33.8 Å². The van der Waals surface area contributed by atoms with Gasteiger partial charge in [-0.05, 0) is 93.4 Å². The first-order valence-electron chi connectivity index (χ1n) is 17.7. The summed E-state index contributed by atoms with van der Waals surface area (Å²) >= 11 is 1.60. The SMILES string of the molecule is C/C(=C\c1csc(C)n1)[C@@H](O)C/C=C\CCC[C@H](C)[C@H](O[Si](C)(C)C(C)(C)C)[C@@H](C)C(=O)C(C)(C)[C@H](CC(=O)O)O[Si](C)(C)C(C)(C)C. The third-order valence-corrected chi connectivity index (χ3v) is 20.6. The first-order valence-corrected chi connectivity index (χ1v) is 24.4. The second-order valence-electron chi connectivity index (χ2n) is 17.5. The van der Waals surface area contributed by atoms with Crippen LogP contribution in [0.4, 0.5) is 0 Å². The highest BCUT2D eigenvalue weighted by atomic mass is 32.1. The normalized spacial score (nSPS) is 17.3. The van der Waals surface area contributed by atoms with Crippen LogP contribution in [-0.2, 0) is 18.4 Å². The molecule has 0 aromatic carbocycles. The molecule has 0 amide bonds. The lowest BCUT2D eigenvalue weighted by Gasteiger charge is -2.46. The number of allylic oxidation sites excluding steroid dienone is 1. The third kappa shape index (κ3) is 13.0. The fourth-order valence-corrected chi connectivity index (χ4v) is 8.77. The summed E-state index contributed by atoms with van der Waals surface area (Å²) in [5.41, 5.74) is 0.764. The Morgan fingerprint density at radius 3 is 1.98 bits per heavy atom. The van der Waals surface area contributed by atoms with Gasteiger partial charge in [0.25, 0.3) is 0 Å². The summed E-state index contributed by atoms with van der Waals surface area (Å²) < 4.78 is 13.7. The predicted molar refractivity (Wildman–Crippen MR) is 208 cm³/mol. The first-order chi connectivity index (χ1) is 21.6. The summed E-state index contributed by atoms with van der Waals surface area (Å²) in [5.74, 6) is -1.30. The van der Waals surface area contributed by atoms with Crippen molar-refractivity contribution >= 4 is 45.8 Å². The summed E-state index contributed by atoms with van der Waals surface area (Å²) in [4.78, 5) is 31.0. The summed E-state index contributed by atoms with van der Waals surface area (Å²) in [6.45, 7) is 33.4. The summed E-state index contributed by atoms with van der Waals surface area (Å²) in [6.07, 6.45) is 7.54. The Morgan fingerprint density at radius 2 is 1.50 bits per heavy atom. The molecule has 0 bridgehead atoms. The van der Waals surface area contributed by atoms with Crippen molar-refractivity contribution < 1.29 is 28.7 Å². The summed E-state index contributed by atoms with van der Waals surface area (Å²) in [5, 5.41) is 23.3. The van der Waals surface area contributed by atoms with E-state index in [0.717, 1.165) is 35.5 Å². The number of carbonyl (C=O) groups is 2. The molecule has 2 N–H and O–H groups in total. The van der Waals surface area contributed by atoms with Crippen LogP contribution in [-0.4, -0.2) is 61.9 Å². The molecule has 0 saturated heterocycles. The van der Waals surface area contributed by atoms with Crippen molar-refractivity contribution in [2.45, 2.75) is 170 Å². The van der Waals surface area contributed by atoms with E-state index in [1.165, 1.54) is 0 Å². The van der Waals surface area contributed by atoms with Gasteiger partial charge in [0, 0.05) is 16.7 Å². The fraction of sp³-hybridized carbons (Fsp3) is 0.763. The van der Waals surface area contributed by atoms with Gasteiger partial charge in [0.05, 0.1) is 35.4 Å². The Balaban J connectivity index is 3.13. The van der Waals surface area contributed by atoms with Crippen LogP contribution in [0.15, 0.2) is 23.1 Å². The Labute approximate surface area is 299 Å². The van der Waals surface area contributed by atoms with E-state index in [-0.39, 0.29) is 34.3 Å². The average molecular weight is 724 g/mol. The van der Waals surface area contributed by atoms with E-state index in [1.807, 2.05) is 52.2 Å². The van der Waals surface area contributed by atoms with E-state index in [2.05, 4.69) is 85.7 Å². The van der Waals surface area contributed by atoms with Crippen molar-refractivity contribution in [1.29, 1.82) is 0 Å². The highest BCUT2D eigenvalue weighted by molar-refractivity contribution is 7.09. The Morgan fingerprint density at radius 1 is 0.958 bits per heavy atom. The molecule has 1 aromatic rings. The van der Waals surface area contributed by atoms with Crippen LogP contribution >= 0.6 is 11.3 Å². The number of hydrogen-bond donors (Lipinski definition) is 2. The minimum atomic E-state index is -2.36. The molecule has 276 valence electrons. The third-order valence-electron chi connectivity index (χ3n) is 10.8. The van der Waals surface area contributed by atoms with Gasteiger partial charge in [-0.2, -0.15) is 0 Å². The van der Waals surface area contributed by atoms with E-state index >= 15 is 0 Å². The molecule has 10 heteroatoms. The zero-order chi connectivity index (χ0) is 37.5. The predicted octanol–water partition coefficient (Wildman–Crippen LogP) is 10.5. The first kappa shape index (κ1) is 44.6. The lowest BCUT2D eigenvalue weighted by Crippen LogP contribution is -2.54. The molecule has 7 nitrogen and oxygen atoms in total. The monoisotopic (exact) mass is 723 g/mol. The Kier molecular flexibility index (Phi) is 16.4. The minimum absolute atomic E-state index is 0.00635. The topological polar surface area (TPSA) is 106 Å². The van der Waals surface area contributed by atoms with Crippen LogP contribution in [0.3, 0.4) is 0 Å². The number of aryl methyl sites for hydroxylation is 1. The van der Waals surface area contributed by atoms with Crippen LogP contribution in [0.25, 0.3) is 6.08 Å². The molecule has 1 rings (SSSR count). The number of carboxylic acid groups (broad SMARTS) is 1. The number of aliphatic hydroxyl groups is 1. The number of thiazole rings is 1. The number of nitrogens with zero attached hydrogens (tertiary/aromatic N) is 1. The molecule has 48 heavy (non-hydrogen) atoms. The number of Topliss-reactive ketones (excluding diaryl/α,β-unsaturated/α-hetero) is 1. The molecule has 0 fully saturated rings. The second kappa shape index (κ2) is 17.7. The van der Waals surface area contributed by atoms with Gasteiger partial charge in [-0.1, -0.05) is 81.4 Å². The number of aromatic nitrogens is 1. The molecule has 0 unspecified atom stereocenters. The van der Waals surface area contributed by atoms with Gasteiger partial charge < -0.3 is 19.1 Å². The van der Waals surface area contributed by atoms with Crippen molar-refractivity contribution in [3.8, 4) is 0 Å². The molecule has 1 aromatic heterocycles. The molecule has 0 aliphatic rings. The van der Waals surface area contributed by atoms with Gasteiger partial charge in [-0.3, -0.25) is 9.59 Å². The summed E-state index contributed by atoms with van der Waals surface area (Å²) in [6, 6.07) is 0. The highest BCUT2D eigenvalue weighted by Crippen LogP contribution is 2.44. The molecule has 0 radical (unpaired) electrons. The zero-order valence-corrected chi connectivity index (χ0v) is 35.9. The lowest BCUT2D eigenvalue weighted by molar-refractivity contribution is -0.146. The quantitative estimate of drug-likeness (QED) is 0.0831. The molecular formula is C38H69NO6SSi2. The molecule has 1 heterocycles. The highest BCUT2D eigenvalue weighted by Gasteiger charge is 2.49. The van der Waals surface area contributed by atoms with E-state index in [9.17, 15) is 19.8 Å². The van der Waals surface area contributed by atoms with Crippen LogP contribution in [0, 0.1) is 24.2 Å². The fourth-order valence-electron chi connectivity index (χ4n) is 5.28. The van der Waals surface area contributed by atoms with Gasteiger partial charge in [-0.25, -0.2) is 4.98 Å². The molecule has 5 atom stereocenters. The number of hydrogen-bond acceptors (Lipinski definition) is 7. The van der Waals surface area contributed by atoms with Crippen molar-refractivity contribution in [3.63, 3.8) is 0 Å². The van der Waals surface area contributed by atoms with Gasteiger partial charge in [0.15, 0.2) is 16.6 Å². The Hall–Kier alpha value is -1.44. The Bertz CT molecular complexity index is 1250. The smallest absolute Gasteiger partial charge is 0.305 e. The van der Waals surface area contributed by atoms with Gasteiger partial charge in [-0.15, -0.1) is 11.3 Å². The standard InChI is InChI=1S/C38H69NO6SSi2/c1-26(21-19-17-18-20-22-31(40)27(2)23-30-25-46-29(4)39-30)34(45-48(15,16)37(8,9)10)28(3)35(43)38(11,12)32(24-33(41)42)44-47(13,14)36(5,6)7/h18,20,23,25-26,28,31-32,34,40H,17,19,21-22,24H2,1-16H3,(H,41,42)/b20-18-,27-23+/t26-,28+,31-,32-,34-/m0/s1. The largest absolute Gasteiger partial charge is 0.481 e. The van der Waals surface area contributed by atoms with Crippen molar-refractivity contribution in [2.24, 2.45) is 17.3 Å². The minimum Gasteiger partial charge on any atom is -0.481 e. The van der Waals surface area contributed by atoms with Crippen molar-refractivity contribution in [1.82, 2.24) is 4.98 Å². The number of carboxylic acids is 1. The molecule has 0 spiro atoms.